The average Bonchev–Trinajstić information content (AvgIpc) is 2.96. The number of hydrogen-bond donors (Lipinski definition) is 1. The number of carboxylic acids is 1. The van der Waals surface area contributed by atoms with Gasteiger partial charge in [-0.2, -0.15) is 0 Å². The van der Waals surface area contributed by atoms with Crippen molar-refractivity contribution >= 4 is 35.1 Å². The molecule has 1 aliphatic heterocycles. The van der Waals surface area contributed by atoms with Crippen LogP contribution in [-0.4, -0.2) is 41.6 Å². The minimum Gasteiger partial charge on any atom is -0.479 e. The first-order valence-electron chi connectivity index (χ1n) is 6.48. The van der Waals surface area contributed by atoms with Gasteiger partial charge in [0.2, 0.25) is 0 Å². The van der Waals surface area contributed by atoms with E-state index >= 15 is 0 Å². The third-order valence-electron chi connectivity index (χ3n) is 3.45. The molecular weight excluding hydrogens is 317 g/mol. The topological polar surface area (TPSA) is 66.8 Å². The zero-order valence-electron chi connectivity index (χ0n) is 11.4. The molecule has 0 bridgehead atoms. The van der Waals surface area contributed by atoms with Crippen LogP contribution >= 0.6 is 23.2 Å². The number of amides is 1. The molecule has 1 aliphatic rings. The van der Waals surface area contributed by atoms with Crippen LogP contribution < -0.4 is 0 Å². The summed E-state index contributed by atoms with van der Waals surface area (Å²) in [6.45, 7) is 0.514. The van der Waals surface area contributed by atoms with E-state index in [1.165, 1.54) is 7.05 Å². The van der Waals surface area contributed by atoms with Crippen LogP contribution in [0, 0.1) is 0 Å². The van der Waals surface area contributed by atoms with E-state index in [0.29, 0.717) is 13.0 Å². The summed E-state index contributed by atoms with van der Waals surface area (Å²) in [6, 6.07) is 3.51. The maximum Gasteiger partial charge on any atom is 0.331 e. The van der Waals surface area contributed by atoms with Gasteiger partial charge >= 0.3 is 5.97 Å². The second-order valence-corrected chi connectivity index (χ2v) is 5.62. The number of ether oxygens (including phenoxy) is 1. The SMILES string of the molecule is CN(C(=O)[C@H]1CCCO1)C(C(=O)O)c1cccc(Cl)c1Cl. The standard InChI is InChI=1S/C14H15Cl2NO4/c1-17(13(18)10-6-3-7-21-10)12(14(19)20)8-4-2-5-9(15)11(8)16/h2,4-5,10,12H,3,6-7H2,1H3,(H,19,20)/t10-,12?/m1/s1. The number of halogens is 2. The molecule has 0 aromatic heterocycles. The number of carbonyl (C=O) groups is 2. The van der Waals surface area contributed by atoms with Crippen molar-refractivity contribution in [3.05, 3.63) is 33.8 Å². The lowest BCUT2D eigenvalue weighted by Crippen LogP contribution is -2.41. The molecule has 114 valence electrons. The molecule has 2 atom stereocenters. The van der Waals surface area contributed by atoms with Crippen molar-refractivity contribution in [1.82, 2.24) is 4.90 Å². The van der Waals surface area contributed by atoms with Crippen LogP contribution in [0.2, 0.25) is 10.0 Å². The van der Waals surface area contributed by atoms with Gasteiger partial charge in [-0.05, 0) is 18.9 Å². The molecule has 7 heteroatoms. The molecule has 0 radical (unpaired) electrons. The maximum atomic E-state index is 12.3. The van der Waals surface area contributed by atoms with Crippen LogP contribution in [0.3, 0.4) is 0 Å². The minimum absolute atomic E-state index is 0.138. The van der Waals surface area contributed by atoms with E-state index in [0.717, 1.165) is 11.3 Å². The molecule has 1 aromatic rings. The Bertz CT molecular complexity index is 558. The molecule has 1 amide bonds. The van der Waals surface area contributed by atoms with Crippen LogP contribution in [-0.2, 0) is 14.3 Å². The fraction of sp³-hybridized carbons (Fsp3) is 0.429. The van der Waals surface area contributed by atoms with E-state index < -0.39 is 18.1 Å². The van der Waals surface area contributed by atoms with Crippen molar-refractivity contribution in [1.29, 1.82) is 0 Å². The highest BCUT2D eigenvalue weighted by Gasteiger charge is 2.35. The lowest BCUT2D eigenvalue weighted by Gasteiger charge is -2.28. The van der Waals surface area contributed by atoms with Gasteiger partial charge in [0.15, 0.2) is 6.04 Å². The molecule has 1 saturated heterocycles. The Balaban J connectivity index is 2.32. The van der Waals surface area contributed by atoms with Crippen molar-refractivity contribution in [3.8, 4) is 0 Å². The third-order valence-corrected chi connectivity index (χ3v) is 4.28. The zero-order valence-corrected chi connectivity index (χ0v) is 12.9. The van der Waals surface area contributed by atoms with E-state index in [4.69, 9.17) is 27.9 Å². The molecule has 21 heavy (non-hydrogen) atoms. The van der Waals surface area contributed by atoms with Crippen molar-refractivity contribution in [2.45, 2.75) is 25.0 Å². The highest BCUT2D eigenvalue weighted by atomic mass is 35.5. The number of nitrogens with zero attached hydrogens (tertiary/aromatic N) is 1. The van der Waals surface area contributed by atoms with Gasteiger partial charge in [0.25, 0.3) is 5.91 Å². The first kappa shape index (κ1) is 16.1. The number of hydrogen-bond acceptors (Lipinski definition) is 3. The summed E-state index contributed by atoms with van der Waals surface area (Å²) in [5.74, 6) is -1.54. The molecule has 1 aromatic carbocycles. The number of benzene rings is 1. The fourth-order valence-corrected chi connectivity index (χ4v) is 2.78. The van der Waals surface area contributed by atoms with Gasteiger partial charge < -0.3 is 14.7 Å². The fourth-order valence-electron chi connectivity index (χ4n) is 2.37. The van der Waals surface area contributed by atoms with Gasteiger partial charge in [-0.1, -0.05) is 35.3 Å². The van der Waals surface area contributed by atoms with E-state index in [9.17, 15) is 14.7 Å². The minimum atomic E-state index is -1.20. The Morgan fingerprint density at radius 3 is 2.71 bits per heavy atom. The van der Waals surface area contributed by atoms with E-state index in [2.05, 4.69) is 0 Å². The molecule has 1 fully saturated rings. The Morgan fingerprint density at radius 1 is 1.43 bits per heavy atom. The van der Waals surface area contributed by atoms with Gasteiger partial charge in [0, 0.05) is 19.2 Å². The molecule has 1 heterocycles. The van der Waals surface area contributed by atoms with Gasteiger partial charge in [-0.25, -0.2) is 4.79 Å². The molecule has 0 saturated carbocycles. The highest BCUT2D eigenvalue weighted by molar-refractivity contribution is 6.42. The van der Waals surface area contributed by atoms with Crippen LogP contribution in [0.1, 0.15) is 24.4 Å². The summed E-state index contributed by atoms with van der Waals surface area (Å²) in [5.41, 5.74) is 0.283. The summed E-state index contributed by atoms with van der Waals surface area (Å²) in [4.78, 5) is 25.1. The third kappa shape index (κ3) is 3.31. The van der Waals surface area contributed by atoms with E-state index in [1.807, 2.05) is 0 Å². The normalized spacial score (nSPS) is 19.3. The Morgan fingerprint density at radius 2 is 2.14 bits per heavy atom. The molecule has 1 N–H and O–H groups in total. The predicted molar refractivity (Wildman–Crippen MR) is 78.6 cm³/mol. The molecule has 0 spiro atoms. The quantitative estimate of drug-likeness (QED) is 0.921. The van der Waals surface area contributed by atoms with E-state index in [-0.39, 0.29) is 21.5 Å². The van der Waals surface area contributed by atoms with E-state index in [1.54, 1.807) is 18.2 Å². The predicted octanol–water partition coefficient (Wildman–Crippen LogP) is 2.76. The largest absolute Gasteiger partial charge is 0.479 e. The molecule has 0 aliphatic carbocycles. The summed E-state index contributed by atoms with van der Waals surface area (Å²) >= 11 is 12.0. The monoisotopic (exact) mass is 331 g/mol. The van der Waals surface area contributed by atoms with Gasteiger partial charge in [0.1, 0.15) is 6.10 Å². The highest BCUT2D eigenvalue weighted by Crippen LogP contribution is 2.33. The summed E-state index contributed by atoms with van der Waals surface area (Å²) in [7, 11) is 1.43. The van der Waals surface area contributed by atoms with Crippen molar-refractivity contribution in [2.75, 3.05) is 13.7 Å². The second kappa shape index (κ2) is 6.64. The van der Waals surface area contributed by atoms with Crippen molar-refractivity contribution in [2.24, 2.45) is 0 Å². The lowest BCUT2D eigenvalue weighted by atomic mass is 10.0. The second-order valence-electron chi connectivity index (χ2n) is 4.83. The van der Waals surface area contributed by atoms with Gasteiger partial charge in [-0.15, -0.1) is 0 Å². The van der Waals surface area contributed by atoms with Crippen LogP contribution in [0.15, 0.2) is 18.2 Å². The number of carbonyl (C=O) groups excluding carboxylic acids is 1. The smallest absolute Gasteiger partial charge is 0.331 e. The summed E-state index contributed by atoms with van der Waals surface area (Å²) in [6.07, 6.45) is 0.799. The summed E-state index contributed by atoms with van der Waals surface area (Å²) < 4.78 is 5.31. The van der Waals surface area contributed by atoms with Crippen molar-refractivity contribution in [3.63, 3.8) is 0 Å². The number of carboxylic acid groups (broad SMARTS) is 1. The Kier molecular flexibility index (Phi) is 5.08. The average molecular weight is 332 g/mol. The number of aliphatic carboxylic acids is 1. The number of rotatable bonds is 4. The maximum absolute atomic E-state index is 12.3. The lowest BCUT2D eigenvalue weighted by molar-refractivity contribution is -0.153. The van der Waals surface area contributed by atoms with Crippen LogP contribution in [0.25, 0.3) is 0 Å². The first-order valence-corrected chi connectivity index (χ1v) is 7.24. The zero-order chi connectivity index (χ0) is 15.6. The van der Waals surface area contributed by atoms with Gasteiger partial charge in [-0.3, -0.25) is 4.79 Å². The molecule has 1 unspecified atom stereocenters. The summed E-state index contributed by atoms with van der Waals surface area (Å²) in [5, 5.41) is 9.85. The first-order chi connectivity index (χ1) is 9.93. The van der Waals surface area contributed by atoms with Crippen molar-refractivity contribution < 1.29 is 19.4 Å². The van der Waals surface area contributed by atoms with Gasteiger partial charge in [0.05, 0.1) is 10.0 Å². The molecular formula is C14H15Cl2NO4. The molecule has 2 rings (SSSR count). The van der Waals surface area contributed by atoms with Crippen LogP contribution in [0.5, 0.6) is 0 Å². The Hall–Kier alpha value is -1.30. The number of likely N-dealkylation sites (N-methyl/N-ethyl adjacent to an activating group) is 1. The van der Waals surface area contributed by atoms with Crippen LogP contribution in [0.4, 0.5) is 0 Å². The Labute approximate surface area is 132 Å². The molecule has 5 nitrogen and oxygen atoms in total.